The molecule has 1 saturated carbocycles. The first-order valence-corrected chi connectivity index (χ1v) is 6.70. The number of hydrogen-bond donors (Lipinski definition) is 1. The summed E-state index contributed by atoms with van der Waals surface area (Å²) in [6, 6.07) is 2.39. The highest BCUT2D eigenvalue weighted by Crippen LogP contribution is 2.41. The Hall–Kier alpha value is -1.52. The number of aliphatic carboxylic acids is 1. The second-order valence-corrected chi connectivity index (χ2v) is 5.44. The maximum atomic E-state index is 13.9. The highest BCUT2D eigenvalue weighted by atomic mass is 19.3. The molecule has 1 aliphatic carbocycles. The standard InChI is InChI=1S/C15H17F3O2/c1-9-7-10(8-11(16)12(9)13(17)18)15(14(19)20)5-3-2-4-6-15/h7-8,13H,2-6H2,1H3,(H,19,20). The van der Waals surface area contributed by atoms with E-state index in [0.717, 1.165) is 25.3 Å². The van der Waals surface area contributed by atoms with E-state index in [-0.39, 0.29) is 5.56 Å². The summed E-state index contributed by atoms with van der Waals surface area (Å²) in [6.07, 6.45) is 0.416. The molecule has 1 fully saturated rings. The van der Waals surface area contributed by atoms with E-state index in [1.807, 2.05) is 0 Å². The van der Waals surface area contributed by atoms with Crippen molar-refractivity contribution in [3.8, 4) is 0 Å². The van der Waals surface area contributed by atoms with E-state index in [0.29, 0.717) is 18.4 Å². The number of carbonyl (C=O) groups is 1. The minimum Gasteiger partial charge on any atom is -0.481 e. The first kappa shape index (κ1) is 14.9. The summed E-state index contributed by atoms with van der Waals surface area (Å²) in [7, 11) is 0. The minimum atomic E-state index is -2.89. The number of carboxylic acid groups (broad SMARTS) is 1. The highest BCUT2D eigenvalue weighted by Gasteiger charge is 2.42. The Balaban J connectivity index is 2.53. The van der Waals surface area contributed by atoms with Gasteiger partial charge in [0.25, 0.3) is 6.43 Å². The molecule has 0 atom stereocenters. The topological polar surface area (TPSA) is 37.3 Å². The van der Waals surface area contributed by atoms with Crippen LogP contribution in [0.2, 0.25) is 0 Å². The van der Waals surface area contributed by atoms with Crippen LogP contribution in [0.1, 0.15) is 55.2 Å². The van der Waals surface area contributed by atoms with Crippen molar-refractivity contribution >= 4 is 5.97 Å². The van der Waals surface area contributed by atoms with E-state index in [4.69, 9.17) is 0 Å². The third kappa shape index (κ3) is 2.41. The predicted molar refractivity (Wildman–Crippen MR) is 68.5 cm³/mol. The Morgan fingerprint density at radius 3 is 2.30 bits per heavy atom. The number of benzene rings is 1. The van der Waals surface area contributed by atoms with Crippen molar-refractivity contribution in [1.29, 1.82) is 0 Å². The largest absolute Gasteiger partial charge is 0.481 e. The van der Waals surface area contributed by atoms with Crippen molar-refractivity contribution in [2.75, 3.05) is 0 Å². The zero-order chi connectivity index (χ0) is 14.9. The van der Waals surface area contributed by atoms with Gasteiger partial charge < -0.3 is 5.11 Å². The summed E-state index contributed by atoms with van der Waals surface area (Å²) in [5.74, 6) is -2.01. The van der Waals surface area contributed by atoms with Crippen molar-refractivity contribution in [3.63, 3.8) is 0 Å². The first-order chi connectivity index (χ1) is 9.38. The Bertz CT molecular complexity index is 497. The van der Waals surface area contributed by atoms with Gasteiger partial charge in [-0.1, -0.05) is 25.3 Å². The first-order valence-electron chi connectivity index (χ1n) is 6.70. The van der Waals surface area contributed by atoms with Crippen molar-refractivity contribution in [2.45, 2.75) is 50.9 Å². The van der Waals surface area contributed by atoms with Crippen molar-refractivity contribution < 1.29 is 23.1 Å². The lowest BCUT2D eigenvalue weighted by Gasteiger charge is -2.34. The SMILES string of the molecule is Cc1cc(C2(C(=O)O)CCCCC2)cc(F)c1C(F)F. The van der Waals surface area contributed by atoms with Crippen LogP contribution in [0, 0.1) is 12.7 Å². The van der Waals surface area contributed by atoms with Crippen LogP contribution < -0.4 is 0 Å². The van der Waals surface area contributed by atoms with Gasteiger partial charge in [-0.3, -0.25) is 4.79 Å². The number of aryl methyl sites for hydroxylation is 1. The van der Waals surface area contributed by atoms with Crippen LogP contribution in [0.5, 0.6) is 0 Å². The molecule has 0 bridgehead atoms. The molecule has 20 heavy (non-hydrogen) atoms. The molecule has 0 aromatic heterocycles. The summed E-state index contributed by atoms with van der Waals surface area (Å²) in [4.78, 5) is 11.6. The summed E-state index contributed by atoms with van der Waals surface area (Å²) in [6.45, 7) is 1.40. The molecule has 1 aromatic rings. The van der Waals surface area contributed by atoms with Crippen molar-refractivity contribution in [2.24, 2.45) is 0 Å². The molecular formula is C15H17F3O2. The average molecular weight is 286 g/mol. The fraction of sp³-hybridized carbons (Fsp3) is 0.533. The molecule has 0 saturated heterocycles. The molecule has 1 N–H and O–H groups in total. The van der Waals surface area contributed by atoms with Crippen molar-refractivity contribution in [1.82, 2.24) is 0 Å². The van der Waals surface area contributed by atoms with Gasteiger partial charge in [-0.05, 0) is 37.0 Å². The Labute approximate surface area is 115 Å². The molecule has 0 unspecified atom stereocenters. The normalized spacial score (nSPS) is 18.2. The molecule has 0 heterocycles. The molecule has 0 radical (unpaired) electrons. The molecule has 0 spiro atoms. The summed E-state index contributed by atoms with van der Waals surface area (Å²) < 4.78 is 39.4. The van der Waals surface area contributed by atoms with Gasteiger partial charge in [0.1, 0.15) is 5.82 Å². The zero-order valence-electron chi connectivity index (χ0n) is 11.3. The highest BCUT2D eigenvalue weighted by molar-refractivity contribution is 5.81. The monoisotopic (exact) mass is 286 g/mol. The van der Waals surface area contributed by atoms with Gasteiger partial charge in [0.15, 0.2) is 0 Å². The van der Waals surface area contributed by atoms with Gasteiger partial charge in [0.05, 0.1) is 11.0 Å². The molecule has 5 heteroatoms. The number of hydrogen-bond acceptors (Lipinski definition) is 1. The minimum absolute atomic E-state index is 0.112. The Morgan fingerprint density at radius 2 is 1.85 bits per heavy atom. The van der Waals surface area contributed by atoms with Crippen LogP contribution in [-0.4, -0.2) is 11.1 Å². The lowest BCUT2D eigenvalue weighted by Crippen LogP contribution is -2.38. The van der Waals surface area contributed by atoms with Gasteiger partial charge >= 0.3 is 5.97 Å². The fourth-order valence-corrected chi connectivity index (χ4v) is 3.09. The van der Waals surface area contributed by atoms with E-state index in [2.05, 4.69) is 0 Å². The van der Waals surface area contributed by atoms with Crippen LogP contribution >= 0.6 is 0 Å². The summed E-state index contributed by atoms with van der Waals surface area (Å²) in [5, 5.41) is 9.53. The molecule has 0 amide bonds. The van der Waals surface area contributed by atoms with E-state index in [9.17, 15) is 23.1 Å². The van der Waals surface area contributed by atoms with Gasteiger partial charge in [-0.25, -0.2) is 13.2 Å². The second-order valence-electron chi connectivity index (χ2n) is 5.44. The quantitative estimate of drug-likeness (QED) is 0.896. The summed E-state index contributed by atoms with van der Waals surface area (Å²) in [5.41, 5.74) is -1.35. The van der Waals surface area contributed by atoms with Crippen LogP contribution in [0.4, 0.5) is 13.2 Å². The van der Waals surface area contributed by atoms with Gasteiger partial charge in [0, 0.05) is 0 Å². The lowest BCUT2D eigenvalue weighted by molar-refractivity contribution is -0.145. The van der Waals surface area contributed by atoms with Gasteiger partial charge in [-0.2, -0.15) is 0 Å². The smallest absolute Gasteiger partial charge is 0.314 e. The molecule has 1 aliphatic rings. The number of halogens is 3. The third-order valence-corrected chi connectivity index (χ3v) is 4.22. The second kappa shape index (κ2) is 5.46. The lowest BCUT2D eigenvalue weighted by atomic mass is 9.69. The number of alkyl halides is 2. The van der Waals surface area contributed by atoms with Gasteiger partial charge in [0.2, 0.25) is 0 Å². The van der Waals surface area contributed by atoms with Crippen LogP contribution in [0.25, 0.3) is 0 Å². The molecule has 2 rings (SSSR count). The Kier molecular flexibility index (Phi) is 4.06. The Morgan fingerprint density at radius 1 is 1.25 bits per heavy atom. The fourth-order valence-electron chi connectivity index (χ4n) is 3.09. The van der Waals surface area contributed by atoms with Gasteiger partial charge in [-0.15, -0.1) is 0 Å². The average Bonchev–Trinajstić information content (AvgIpc) is 2.37. The van der Waals surface area contributed by atoms with Crippen molar-refractivity contribution in [3.05, 3.63) is 34.6 Å². The number of rotatable bonds is 3. The van der Waals surface area contributed by atoms with E-state index >= 15 is 0 Å². The molecular weight excluding hydrogens is 269 g/mol. The van der Waals surface area contributed by atoms with Crippen LogP contribution in [0.3, 0.4) is 0 Å². The molecule has 0 aliphatic heterocycles. The van der Waals surface area contributed by atoms with E-state index in [1.165, 1.54) is 13.0 Å². The van der Waals surface area contributed by atoms with E-state index < -0.39 is 29.2 Å². The predicted octanol–water partition coefficient (Wildman–Crippen LogP) is 4.36. The zero-order valence-corrected chi connectivity index (χ0v) is 11.3. The maximum absolute atomic E-state index is 13.9. The maximum Gasteiger partial charge on any atom is 0.314 e. The van der Waals surface area contributed by atoms with E-state index in [1.54, 1.807) is 0 Å². The third-order valence-electron chi connectivity index (χ3n) is 4.22. The van der Waals surface area contributed by atoms with Crippen LogP contribution in [-0.2, 0) is 10.2 Å². The molecule has 110 valence electrons. The summed E-state index contributed by atoms with van der Waals surface area (Å²) >= 11 is 0. The molecule has 2 nitrogen and oxygen atoms in total. The molecule has 1 aromatic carbocycles. The van der Waals surface area contributed by atoms with Crippen LogP contribution in [0.15, 0.2) is 12.1 Å². The number of carboxylic acids is 1.